The number of aryl methyl sites for hydroxylation is 2. The van der Waals surface area contributed by atoms with E-state index in [1.165, 1.54) is 0 Å². The topological polar surface area (TPSA) is 68.8 Å². The molecule has 0 bridgehead atoms. The molecule has 0 radical (unpaired) electrons. The average molecular weight is 267 g/mol. The van der Waals surface area contributed by atoms with Gasteiger partial charge in [-0.25, -0.2) is 4.98 Å². The number of para-hydroxylation sites is 1. The van der Waals surface area contributed by atoms with Gasteiger partial charge >= 0.3 is 0 Å². The molecular formula is C15H17N5. The van der Waals surface area contributed by atoms with Crippen LogP contribution in [0.4, 0.5) is 11.4 Å². The summed E-state index contributed by atoms with van der Waals surface area (Å²) >= 11 is 0. The second-order valence-electron chi connectivity index (χ2n) is 4.86. The van der Waals surface area contributed by atoms with Crippen LogP contribution in [0.1, 0.15) is 11.3 Å². The summed E-state index contributed by atoms with van der Waals surface area (Å²) in [5.41, 5.74) is 10.7. The van der Waals surface area contributed by atoms with E-state index in [-0.39, 0.29) is 0 Å². The fraction of sp³-hybridized carbons (Fsp3) is 0.200. The molecule has 1 aromatic carbocycles. The van der Waals surface area contributed by atoms with Crippen molar-refractivity contribution < 1.29 is 0 Å². The van der Waals surface area contributed by atoms with Crippen molar-refractivity contribution in [2.45, 2.75) is 13.5 Å². The fourth-order valence-corrected chi connectivity index (χ4v) is 2.30. The van der Waals surface area contributed by atoms with E-state index in [0.29, 0.717) is 6.54 Å². The lowest BCUT2D eigenvalue weighted by Crippen LogP contribution is -2.03. The quantitative estimate of drug-likeness (QED) is 0.715. The van der Waals surface area contributed by atoms with Gasteiger partial charge in [-0.3, -0.25) is 4.68 Å². The molecule has 5 heteroatoms. The highest BCUT2D eigenvalue weighted by atomic mass is 15.3. The molecule has 0 saturated carbocycles. The molecule has 0 unspecified atom stereocenters. The Morgan fingerprint density at radius 2 is 2.10 bits per heavy atom. The van der Waals surface area contributed by atoms with Gasteiger partial charge in [0.05, 0.1) is 17.6 Å². The first-order valence-corrected chi connectivity index (χ1v) is 6.52. The number of hydrogen-bond donors (Lipinski definition) is 2. The summed E-state index contributed by atoms with van der Waals surface area (Å²) in [5.74, 6) is 0. The van der Waals surface area contributed by atoms with Crippen molar-refractivity contribution in [3.05, 3.63) is 47.8 Å². The van der Waals surface area contributed by atoms with Crippen LogP contribution in [0.15, 0.2) is 36.5 Å². The molecule has 0 fully saturated rings. The number of nitrogens with one attached hydrogen (secondary N) is 1. The van der Waals surface area contributed by atoms with Crippen molar-refractivity contribution in [2.75, 3.05) is 11.1 Å². The van der Waals surface area contributed by atoms with E-state index in [0.717, 1.165) is 33.7 Å². The Morgan fingerprint density at radius 1 is 1.30 bits per heavy atom. The maximum Gasteiger partial charge on any atom is 0.157 e. The Hall–Kier alpha value is -2.56. The second-order valence-corrected chi connectivity index (χ2v) is 4.86. The van der Waals surface area contributed by atoms with Crippen LogP contribution in [0, 0.1) is 6.92 Å². The molecule has 5 nitrogen and oxygen atoms in total. The number of aromatic nitrogens is 3. The molecule has 0 atom stereocenters. The molecule has 20 heavy (non-hydrogen) atoms. The molecule has 102 valence electrons. The Kier molecular flexibility index (Phi) is 3.02. The van der Waals surface area contributed by atoms with E-state index in [2.05, 4.69) is 21.5 Å². The third-order valence-electron chi connectivity index (χ3n) is 3.40. The van der Waals surface area contributed by atoms with Gasteiger partial charge in [-0.15, -0.1) is 0 Å². The van der Waals surface area contributed by atoms with Gasteiger partial charge in [-0.1, -0.05) is 18.2 Å². The highest BCUT2D eigenvalue weighted by Gasteiger charge is 2.07. The number of rotatable bonds is 3. The highest BCUT2D eigenvalue weighted by Crippen LogP contribution is 2.20. The number of fused-ring (bicyclic) bond motifs is 1. The highest BCUT2D eigenvalue weighted by molar-refractivity contribution is 5.81. The first kappa shape index (κ1) is 12.5. The van der Waals surface area contributed by atoms with Crippen LogP contribution in [0.3, 0.4) is 0 Å². The summed E-state index contributed by atoms with van der Waals surface area (Å²) < 4.78 is 1.80. The van der Waals surface area contributed by atoms with Gasteiger partial charge in [0.1, 0.15) is 0 Å². The van der Waals surface area contributed by atoms with E-state index in [1.807, 2.05) is 44.4 Å². The van der Waals surface area contributed by atoms with E-state index in [9.17, 15) is 0 Å². The second kappa shape index (κ2) is 4.85. The molecule has 0 amide bonds. The summed E-state index contributed by atoms with van der Waals surface area (Å²) in [7, 11) is 1.90. The Morgan fingerprint density at radius 3 is 2.90 bits per heavy atom. The van der Waals surface area contributed by atoms with Crippen LogP contribution in [-0.4, -0.2) is 14.8 Å². The Bertz CT molecular complexity index is 760. The lowest BCUT2D eigenvalue weighted by molar-refractivity contribution is 0.774. The molecule has 0 spiro atoms. The van der Waals surface area contributed by atoms with Crippen molar-refractivity contribution in [1.82, 2.24) is 14.8 Å². The number of nitrogens with zero attached hydrogens (tertiary/aromatic N) is 3. The van der Waals surface area contributed by atoms with Crippen molar-refractivity contribution in [3.8, 4) is 0 Å². The van der Waals surface area contributed by atoms with Crippen molar-refractivity contribution >= 4 is 22.4 Å². The normalized spacial score (nSPS) is 10.9. The van der Waals surface area contributed by atoms with Gasteiger partial charge in [0.15, 0.2) is 5.65 Å². The molecule has 0 aliphatic heterocycles. The van der Waals surface area contributed by atoms with E-state index >= 15 is 0 Å². The van der Waals surface area contributed by atoms with Crippen LogP contribution in [0.5, 0.6) is 0 Å². The van der Waals surface area contributed by atoms with Gasteiger partial charge in [-0.05, 0) is 24.6 Å². The van der Waals surface area contributed by atoms with Crippen LogP contribution >= 0.6 is 0 Å². The van der Waals surface area contributed by atoms with Crippen molar-refractivity contribution in [3.63, 3.8) is 0 Å². The van der Waals surface area contributed by atoms with E-state index in [4.69, 9.17) is 5.73 Å². The SMILES string of the molecule is Cc1nn(C)c2ncc(NCc3ccccc3N)cc12. The molecule has 2 heterocycles. The fourth-order valence-electron chi connectivity index (χ4n) is 2.30. The first-order valence-electron chi connectivity index (χ1n) is 6.52. The zero-order chi connectivity index (χ0) is 14.1. The van der Waals surface area contributed by atoms with Crippen LogP contribution < -0.4 is 11.1 Å². The maximum absolute atomic E-state index is 5.93. The Balaban J connectivity index is 1.85. The zero-order valence-corrected chi connectivity index (χ0v) is 11.6. The molecule has 0 aliphatic carbocycles. The van der Waals surface area contributed by atoms with Gasteiger partial charge < -0.3 is 11.1 Å². The van der Waals surface area contributed by atoms with Crippen LogP contribution in [0.25, 0.3) is 11.0 Å². The van der Waals surface area contributed by atoms with E-state index in [1.54, 1.807) is 4.68 Å². The third-order valence-corrected chi connectivity index (χ3v) is 3.40. The summed E-state index contributed by atoms with van der Waals surface area (Å²) in [6.45, 7) is 2.67. The summed E-state index contributed by atoms with van der Waals surface area (Å²) in [5, 5.41) is 8.79. The minimum Gasteiger partial charge on any atom is -0.398 e. The number of pyridine rings is 1. The predicted octanol–water partition coefficient (Wildman–Crippen LogP) is 2.47. The lowest BCUT2D eigenvalue weighted by atomic mass is 10.2. The number of anilines is 2. The molecule has 0 aliphatic rings. The Labute approximate surface area is 117 Å². The molecular weight excluding hydrogens is 250 g/mol. The van der Waals surface area contributed by atoms with Crippen LogP contribution in [-0.2, 0) is 13.6 Å². The zero-order valence-electron chi connectivity index (χ0n) is 11.6. The third kappa shape index (κ3) is 2.18. The standard InChI is InChI=1S/C15H17N5/c1-10-13-7-12(9-18-15(13)20(2)19-10)17-8-11-5-3-4-6-14(11)16/h3-7,9,17H,8,16H2,1-2H3. The minimum absolute atomic E-state index is 0.680. The molecule has 3 aromatic rings. The van der Waals surface area contributed by atoms with E-state index < -0.39 is 0 Å². The largest absolute Gasteiger partial charge is 0.398 e. The summed E-state index contributed by atoms with van der Waals surface area (Å²) in [4.78, 5) is 4.44. The van der Waals surface area contributed by atoms with Crippen molar-refractivity contribution in [2.24, 2.45) is 7.05 Å². The smallest absolute Gasteiger partial charge is 0.157 e. The van der Waals surface area contributed by atoms with Gasteiger partial charge in [-0.2, -0.15) is 5.10 Å². The average Bonchev–Trinajstić information content (AvgIpc) is 2.73. The maximum atomic E-state index is 5.93. The summed E-state index contributed by atoms with van der Waals surface area (Å²) in [6.07, 6.45) is 1.82. The number of nitrogen functional groups attached to an aromatic ring is 1. The first-order chi connectivity index (χ1) is 9.65. The van der Waals surface area contributed by atoms with Crippen molar-refractivity contribution in [1.29, 1.82) is 0 Å². The number of benzene rings is 1. The predicted molar refractivity (Wildman–Crippen MR) is 81.4 cm³/mol. The monoisotopic (exact) mass is 267 g/mol. The molecule has 3 rings (SSSR count). The molecule has 2 aromatic heterocycles. The van der Waals surface area contributed by atoms with Crippen LogP contribution in [0.2, 0.25) is 0 Å². The molecule has 0 saturated heterocycles. The van der Waals surface area contributed by atoms with Gasteiger partial charge in [0.25, 0.3) is 0 Å². The van der Waals surface area contributed by atoms with Gasteiger partial charge in [0.2, 0.25) is 0 Å². The minimum atomic E-state index is 0.680. The summed E-state index contributed by atoms with van der Waals surface area (Å²) in [6, 6.07) is 9.92. The van der Waals surface area contributed by atoms with Gasteiger partial charge in [0, 0.05) is 24.7 Å². The lowest BCUT2D eigenvalue weighted by Gasteiger charge is -2.08. The number of hydrogen-bond acceptors (Lipinski definition) is 4. The molecule has 3 N–H and O–H groups in total. The number of nitrogens with two attached hydrogens (primary N) is 1.